The van der Waals surface area contributed by atoms with Crippen LogP contribution in [-0.2, 0) is 4.79 Å². The van der Waals surface area contributed by atoms with E-state index in [9.17, 15) is 9.90 Å². The summed E-state index contributed by atoms with van der Waals surface area (Å²) in [5, 5.41) is 13.2. The third kappa shape index (κ3) is 5.05. The maximum Gasteiger partial charge on any atom is 0.226 e. The minimum absolute atomic E-state index is 0.0649. The van der Waals surface area contributed by atoms with E-state index in [0.29, 0.717) is 13.2 Å². The molecule has 21 heavy (non-hydrogen) atoms. The molecule has 1 amide bonds. The SMILES string of the molecule is CC(COc1ccccc1)C(=O)NCC1(O)CCCCC1. The monoisotopic (exact) mass is 291 g/mol. The van der Waals surface area contributed by atoms with Crippen molar-refractivity contribution in [1.29, 1.82) is 0 Å². The summed E-state index contributed by atoms with van der Waals surface area (Å²) in [6.45, 7) is 2.53. The van der Waals surface area contributed by atoms with Crippen molar-refractivity contribution in [2.75, 3.05) is 13.2 Å². The first-order valence-corrected chi connectivity index (χ1v) is 7.77. The molecule has 1 aromatic carbocycles. The topological polar surface area (TPSA) is 58.6 Å². The van der Waals surface area contributed by atoms with Crippen LogP contribution in [0.15, 0.2) is 30.3 Å². The van der Waals surface area contributed by atoms with Crippen LogP contribution < -0.4 is 10.1 Å². The summed E-state index contributed by atoms with van der Waals surface area (Å²) >= 11 is 0. The Bertz CT molecular complexity index is 441. The molecule has 116 valence electrons. The molecule has 0 radical (unpaired) electrons. The molecule has 1 aliphatic rings. The van der Waals surface area contributed by atoms with Gasteiger partial charge in [-0.2, -0.15) is 0 Å². The highest BCUT2D eigenvalue weighted by atomic mass is 16.5. The van der Waals surface area contributed by atoms with Crippen LogP contribution in [0.5, 0.6) is 5.75 Å². The predicted molar refractivity (Wildman–Crippen MR) is 82.1 cm³/mol. The summed E-state index contributed by atoms with van der Waals surface area (Å²) in [5.74, 6) is 0.463. The van der Waals surface area contributed by atoms with Crippen molar-refractivity contribution in [1.82, 2.24) is 5.32 Å². The van der Waals surface area contributed by atoms with E-state index in [0.717, 1.165) is 31.4 Å². The number of rotatable bonds is 6. The second kappa shape index (κ2) is 7.46. The number of para-hydroxylation sites is 1. The Morgan fingerprint density at radius 1 is 1.29 bits per heavy atom. The van der Waals surface area contributed by atoms with Crippen LogP contribution in [0.3, 0.4) is 0 Å². The molecule has 1 aromatic rings. The Balaban J connectivity index is 1.72. The molecule has 0 heterocycles. The number of aliphatic hydroxyl groups is 1. The molecular formula is C17H25NO3. The number of carbonyl (C=O) groups is 1. The lowest BCUT2D eigenvalue weighted by molar-refractivity contribution is -0.127. The van der Waals surface area contributed by atoms with Gasteiger partial charge < -0.3 is 15.2 Å². The molecule has 0 bridgehead atoms. The Morgan fingerprint density at radius 3 is 2.62 bits per heavy atom. The summed E-state index contributed by atoms with van der Waals surface area (Å²) in [6.07, 6.45) is 4.82. The molecule has 2 rings (SSSR count). The summed E-state index contributed by atoms with van der Waals surface area (Å²) in [4.78, 5) is 12.0. The average Bonchev–Trinajstić information content (AvgIpc) is 2.52. The molecule has 4 heteroatoms. The highest BCUT2D eigenvalue weighted by Gasteiger charge is 2.30. The smallest absolute Gasteiger partial charge is 0.226 e. The predicted octanol–water partition coefficient (Wildman–Crippen LogP) is 2.51. The van der Waals surface area contributed by atoms with Gasteiger partial charge in [0.05, 0.1) is 18.1 Å². The van der Waals surface area contributed by atoms with Crippen molar-refractivity contribution in [3.63, 3.8) is 0 Å². The number of carbonyl (C=O) groups excluding carboxylic acids is 1. The van der Waals surface area contributed by atoms with Gasteiger partial charge in [0.15, 0.2) is 0 Å². The molecule has 4 nitrogen and oxygen atoms in total. The maximum atomic E-state index is 12.0. The van der Waals surface area contributed by atoms with Gasteiger partial charge in [-0.3, -0.25) is 4.79 Å². The first-order valence-electron chi connectivity index (χ1n) is 7.77. The van der Waals surface area contributed by atoms with Gasteiger partial charge >= 0.3 is 0 Å². The van der Waals surface area contributed by atoms with Gasteiger partial charge in [0, 0.05) is 6.54 Å². The van der Waals surface area contributed by atoms with E-state index in [1.165, 1.54) is 6.42 Å². The quantitative estimate of drug-likeness (QED) is 0.846. The molecule has 2 N–H and O–H groups in total. The van der Waals surface area contributed by atoms with Crippen molar-refractivity contribution >= 4 is 5.91 Å². The molecule has 0 aromatic heterocycles. The zero-order valence-corrected chi connectivity index (χ0v) is 12.7. The van der Waals surface area contributed by atoms with Crippen LogP contribution >= 0.6 is 0 Å². The van der Waals surface area contributed by atoms with E-state index in [1.54, 1.807) is 0 Å². The fourth-order valence-electron chi connectivity index (χ4n) is 2.63. The van der Waals surface area contributed by atoms with Gasteiger partial charge in [0.1, 0.15) is 5.75 Å². The standard InChI is InChI=1S/C17H25NO3/c1-14(12-21-15-8-4-2-5-9-15)16(19)18-13-17(20)10-6-3-7-11-17/h2,4-5,8-9,14,20H,3,6-7,10-13H2,1H3,(H,18,19). The summed E-state index contributed by atoms with van der Waals surface area (Å²) < 4.78 is 5.58. The molecule has 0 saturated heterocycles. The van der Waals surface area contributed by atoms with E-state index in [1.807, 2.05) is 37.3 Å². The highest BCUT2D eigenvalue weighted by Crippen LogP contribution is 2.27. The van der Waals surface area contributed by atoms with Gasteiger partial charge in [0.2, 0.25) is 5.91 Å². The van der Waals surface area contributed by atoms with Crippen LogP contribution in [-0.4, -0.2) is 29.8 Å². The molecule has 1 saturated carbocycles. The number of benzene rings is 1. The van der Waals surface area contributed by atoms with Crippen molar-refractivity contribution in [2.45, 2.75) is 44.6 Å². The molecule has 1 aliphatic carbocycles. The van der Waals surface area contributed by atoms with Crippen molar-refractivity contribution in [3.05, 3.63) is 30.3 Å². The number of amides is 1. The van der Waals surface area contributed by atoms with Crippen molar-refractivity contribution < 1.29 is 14.6 Å². The summed E-state index contributed by atoms with van der Waals surface area (Å²) in [5.41, 5.74) is -0.714. The summed E-state index contributed by atoms with van der Waals surface area (Å²) in [6, 6.07) is 9.47. The average molecular weight is 291 g/mol. The Hall–Kier alpha value is -1.55. The largest absolute Gasteiger partial charge is 0.493 e. The molecule has 1 atom stereocenters. The van der Waals surface area contributed by atoms with Crippen LogP contribution in [0.2, 0.25) is 0 Å². The summed E-state index contributed by atoms with van der Waals surface area (Å²) in [7, 11) is 0. The van der Waals surface area contributed by atoms with E-state index in [4.69, 9.17) is 4.74 Å². The van der Waals surface area contributed by atoms with Crippen LogP contribution in [0.4, 0.5) is 0 Å². The van der Waals surface area contributed by atoms with Gasteiger partial charge in [-0.15, -0.1) is 0 Å². The second-order valence-corrected chi connectivity index (χ2v) is 6.03. The number of hydrogen-bond acceptors (Lipinski definition) is 3. The van der Waals surface area contributed by atoms with Crippen molar-refractivity contribution in [2.24, 2.45) is 5.92 Å². The third-order valence-corrected chi connectivity index (χ3v) is 4.07. The van der Waals surface area contributed by atoms with Gasteiger partial charge in [-0.25, -0.2) is 0 Å². The van der Waals surface area contributed by atoms with E-state index in [2.05, 4.69) is 5.32 Å². The van der Waals surface area contributed by atoms with Crippen molar-refractivity contribution in [3.8, 4) is 5.75 Å². The van der Waals surface area contributed by atoms with Gasteiger partial charge in [-0.05, 0) is 25.0 Å². The zero-order valence-electron chi connectivity index (χ0n) is 12.7. The molecule has 0 aliphatic heterocycles. The maximum absolute atomic E-state index is 12.0. The molecular weight excluding hydrogens is 266 g/mol. The minimum atomic E-state index is -0.714. The van der Waals surface area contributed by atoms with Crippen LogP contribution in [0.25, 0.3) is 0 Å². The van der Waals surface area contributed by atoms with Crippen LogP contribution in [0, 0.1) is 5.92 Å². The van der Waals surface area contributed by atoms with E-state index < -0.39 is 5.60 Å². The Morgan fingerprint density at radius 2 is 1.95 bits per heavy atom. The first kappa shape index (κ1) is 15.8. The molecule has 1 fully saturated rings. The fraction of sp³-hybridized carbons (Fsp3) is 0.588. The fourth-order valence-corrected chi connectivity index (χ4v) is 2.63. The number of nitrogens with one attached hydrogen (secondary N) is 1. The van der Waals surface area contributed by atoms with Gasteiger partial charge in [0.25, 0.3) is 0 Å². The molecule has 1 unspecified atom stereocenters. The van der Waals surface area contributed by atoms with E-state index in [-0.39, 0.29) is 11.8 Å². The number of hydrogen-bond donors (Lipinski definition) is 2. The zero-order chi connectivity index (χ0) is 15.1. The third-order valence-electron chi connectivity index (χ3n) is 4.07. The normalized spacial score (nSPS) is 18.8. The Kier molecular flexibility index (Phi) is 5.62. The van der Waals surface area contributed by atoms with Gasteiger partial charge in [-0.1, -0.05) is 44.4 Å². The Labute approximate surface area is 126 Å². The van der Waals surface area contributed by atoms with Crippen LogP contribution in [0.1, 0.15) is 39.0 Å². The first-order chi connectivity index (χ1) is 10.1. The second-order valence-electron chi connectivity index (χ2n) is 6.03. The lowest BCUT2D eigenvalue weighted by Crippen LogP contribution is -2.46. The minimum Gasteiger partial charge on any atom is -0.493 e. The highest BCUT2D eigenvalue weighted by molar-refractivity contribution is 5.78. The number of ether oxygens (including phenoxy) is 1. The lowest BCUT2D eigenvalue weighted by Gasteiger charge is -2.32. The molecule has 0 spiro atoms. The lowest BCUT2D eigenvalue weighted by atomic mass is 9.85. The van der Waals surface area contributed by atoms with E-state index >= 15 is 0 Å².